The summed E-state index contributed by atoms with van der Waals surface area (Å²) in [5, 5.41) is 7.71. The number of hydrogen-bond donors (Lipinski definition) is 0. The minimum atomic E-state index is -0.476. The minimum Gasteiger partial charge on any atom is -0.486 e. The molecule has 128 valence electrons. The molecule has 0 bridgehead atoms. The molecule has 1 aromatic carbocycles. The van der Waals surface area contributed by atoms with Crippen LogP contribution < -0.4 is 9.47 Å². The Labute approximate surface area is 146 Å². The number of esters is 1. The highest BCUT2D eigenvalue weighted by atomic mass is 32.1. The largest absolute Gasteiger partial charge is 0.486 e. The van der Waals surface area contributed by atoms with E-state index in [0.717, 1.165) is 17.1 Å². The van der Waals surface area contributed by atoms with Gasteiger partial charge in [-0.2, -0.15) is 0 Å². The van der Waals surface area contributed by atoms with Gasteiger partial charge in [0.05, 0.1) is 5.69 Å². The van der Waals surface area contributed by atoms with Crippen LogP contribution in [-0.2, 0) is 11.3 Å². The molecule has 0 aliphatic carbocycles. The second-order valence-electron chi connectivity index (χ2n) is 5.30. The van der Waals surface area contributed by atoms with Gasteiger partial charge in [0.15, 0.2) is 22.1 Å². The zero-order valence-electron chi connectivity index (χ0n) is 13.2. The molecule has 1 aliphatic heterocycles. The quantitative estimate of drug-likeness (QED) is 0.656. The lowest BCUT2D eigenvalue weighted by atomic mass is 10.1. The SMILES string of the molecule is Cc1nnsc1C(=O)OCc1cc(-c2ccc3c(c2)OCCO3)on1. The number of carbonyl (C=O) groups excluding carboxylic acids is 1. The predicted molar refractivity (Wildman–Crippen MR) is 86.7 cm³/mol. The van der Waals surface area contributed by atoms with E-state index in [-0.39, 0.29) is 6.61 Å². The summed E-state index contributed by atoms with van der Waals surface area (Å²) in [6.45, 7) is 2.76. The van der Waals surface area contributed by atoms with Crippen molar-refractivity contribution in [2.24, 2.45) is 0 Å². The van der Waals surface area contributed by atoms with Gasteiger partial charge in [-0.3, -0.25) is 0 Å². The molecule has 0 unspecified atom stereocenters. The number of hydrogen-bond acceptors (Lipinski definition) is 9. The van der Waals surface area contributed by atoms with Crippen LogP contribution in [0.15, 0.2) is 28.8 Å². The molecule has 0 spiro atoms. The second kappa shape index (κ2) is 6.52. The molecule has 3 heterocycles. The maximum Gasteiger partial charge on any atom is 0.352 e. The molecule has 2 aromatic heterocycles. The molecular formula is C16H13N3O5S. The van der Waals surface area contributed by atoms with Crippen LogP contribution >= 0.6 is 11.5 Å². The molecule has 0 saturated carbocycles. The maximum absolute atomic E-state index is 12.0. The number of fused-ring (bicyclic) bond motifs is 1. The summed E-state index contributed by atoms with van der Waals surface area (Å²) in [7, 11) is 0. The Morgan fingerprint density at radius 2 is 2.08 bits per heavy atom. The van der Waals surface area contributed by atoms with Gasteiger partial charge < -0.3 is 18.7 Å². The van der Waals surface area contributed by atoms with Crippen LogP contribution in [0.1, 0.15) is 21.1 Å². The minimum absolute atomic E-state index is 0.00419. The van der Waals surface area contributed by atoms with Crippen molar-refractivity contribution in [3.8, 4) is 22.8 Å². The van der Waals surface area contributed by atoms with Gasteiger partial charge in [0.2, 0.25) is 0 Å². The van der Waals surface area contributed by atoms with Crippen molar-refractivity contribution in [3.63, 3.8) is 0 Å². The summed E-state index contributed by atoms with van der Waals surface area (Å²) in [6.07, 6.45) is 0. The van der Waals surface area contributed by atoms with Crippen molar-refractivity contribution >= 4 is 17.5 Å². The lowest BCUT2D eigenvalue weighted by Gasteiger charge is -2.18. The van der Waals surface area contributed by atoms with E-state index in [0.29, 0.717) is 46.7 Å². The molecule has 0 fully saturated rings. The lowest BCUT2D eigenvalue weighted by Crippen LogP contribution is -2.15. The number of rotatable bonds is 4. The van der Waals surface area contributed by atoms with Crippen LogP contribution in [0.2, 0.25) is 0 Å². The maximum atomic E-state index is 12.0. The third-order valence-electron chi connectivity index (χ3n) is 3.57. The first-order valence-electron chi connectivity index (χ1n) is 7.52. The smallest absolute Gasteiger partial charge is 0.352 e. The zero-order valence-corrected chi connectivity index (χ0v) is 14.0. The first kappa shape index (κ1) is 15.6. The topological polar surface area (TPSA) is 96.6 Å². The lowest BCUT2D eigenvalue weighted by molar-refractivity contribution is 0.0469. The highest BCUT2D eigenvalue weighted by Crippen LogP contribution is 2.34. The number of ether oxygens (including phenoxy) is 3. The molecule has 0 radical (unpaired) electrons. The van der Waals surface area contributed by atoms with Gasteiger partial charge in [0.25, 0.3) is 0 Å². The van der Waals surface area contributed by atoms with Gasteiger partial charge in [-0.05, 0) is 36.7 Å². The van der Waals surface area contributed by atoms with Crippen LogP contribution in [0.3, 0.4) is 0 Å². The standard InChI is InChI=1S/C16H13N3O5S/c1-9-15(25-19-17-9)16(20)23-8-11-7-13(24-18-11)10-2-3-12-14(6-10)22-5-4-21-12/h2-3,6-7H,4-5,8H2,1H3. The van der Waals surface area contributed by atoms with Crippen LogP contribution in [0.5, 0.6) is 11.5 Å². The van der Waals surface area contributed by atoms with E-state index < -0.39 is 5.97 Å². The van der Waals surface area contributed by atoms with Crippen LogP contribution in [-0.4, -0.2) is 33.9 Å². The summed E-state index contributed by atoms with van der Waals surface area (Å²) in [4.78, 5) is 12.3. The molecule has 0 amide bonds. The average molecular weight is 359 g/mol. The molecule has 4 rings (SSSR count). The van der Waals surface area contributed by atoms with E-state index >= 15 is 0 Å². The molecule has 8 nitrogen and oxygen atoms in total. The summed E-state index contributed by atoms with van der Waals surface area (Å²) in [5.41, 5.74) is 1.86. The van der Waals surface area contributed by atoms with Gasteiger partial charge in [0, 0.05) is 11.6 Å². The number of aryl methyl sites for hydroxylation is 1. The first-order valence-corrected chi connectivity index (χ1v) is 8.30. The highest BCUT2D eigenvalue weighted by molar-refractivity contribution is 7.07. The molecule has 0 atom stereocenters. The van der Waals surface area contributed by atoms with Crippen molar-refractivity contribution in [1.29, 1.82) is 0 Å². The van der Waals surface area contributed by atoms with Crippen molar-refractivity contribution < 1.29 is 23.5 Å². The molecule has 25 heavy (non-hydrogen) atoms. The number of aromatic nitrogens is 3. The predicted octanol–water partition coefficient (Wildman–Crippen LogP) is 2.63. The summed E-state index contributed by atoms with van der Waals surface area (Å²) in [6, 6.07) is 7.23. The molecule has 1 aliphatic rings. The fourth-order valence-corrected chi connectivity index (χ4v) is 2.89. The molecular weight excluding hydrogens is 346 g/mol. The Balaban J connectivity index is 1.45. The van der Waals surface area contributed by atoms with Gasteiger partial charge in [-0.25, -0.2) is 4.79 Å². The van der Waals surface area contributed by atoms with Crippen LogP contribution in [0, 0.1) is 6.92 Å². The van der Waals surface area contributed by atoms with Crippen molar-refractivity contribution in [3.05, 3.63) is 40.5 Å². The zero-order chi connectivity index (χ0) is 17.2. The Bertz CT molecular complexity index is 920. The van der Waals surface area contributed by atoms with Crippen molar-refractivity contribution in [2.45, 2.75) is 13.5 Å². The number of carbonyl (C=O) groups is 1. The van der Waals surface area contributed by atoms with E-state index in [1.807, 2.05) is 18.2 Å². The fraction of sp³-hybridized carbons (Fsp3) is 0.250. The Kier molecular flexibility index (Phi) is 4.06. The van der Waals surface area contributed by atoms with Gasteiger partial charge in [0.1, 0.15) is 25.5 Å². The molecule has 0 N–H and O–H groups in total. The third-order valence-corrected chi connectivity index (χ3v) is 4.38. The van der Waals surface area contributed by atoms with Gasteiger partial charge in [-0.1, -0.05) is 9.64 Å². The van der Waals surface area contributed by atoms with E-state index in [4.69, 9.17) is 18.7 Å². The van der Waals surface area contributed by atoms with Crippen LogP contribution in [0.4, 0.5) is 0 Å². The van der Waals surface area contributed by atoms with E-state index in [1.54, 1.807) is 13.0 Å². The number of benzene rings is 1. The van der Waals surface area contributed by atoms with E-state index in [1.165, 1.54) is 0 Å². The van der Waals surface area contributed by atoms with Gasteiger partial charge in [-0.15, -0.1) is 5.10 Å². The molecule has 9 heteroatoms. The Morgan fingerprint density at radius 1 is 1.24 bits per heavy atom. The van der Waals surface area contributed by atoms with Crippen molar-refractivity contribution in [2.75, 3.05) is 13.2 Å². The normalized spacial score (nSPS) is 12.8. The summed E-state index contributed by atoms with van der Waals surface area (Å²) in [5.74, 6) is 1.45. The summed E-state index contributed by atoms with van der Waals surface area (Å²) < 4.78 is 25.3. The second-order valence-corrected chi connectivity index (χ2v) is 6.06. The number of nitrogens with zero attached hydrogens (tertiary/aromatic N) is 3. The average Bonchev–Trinajstić information content (AvgIpc) is 3.28. The Hall–Kier alpha value is -2.94. The highest BCUT2D eigenvalue weighted by Gasteiger charge is 2.17. The third kappa shape index (κ3) is 3.18. The van der Waals surface area contributed by atoms with Gasteiger partial charge >= 0.3 is 5.97 Å². The van der Waals surface area contributed by atoms with Crippen LogP contribution in [0.25, 0.3) is 11.3 Å². The first-order chi connectivity index (χ1) is 12.2. The fourth-order valence-electron chi connectivity index (χ4n) is 2.34. The monoisotopic (exact) mass is 359 g/mol. The molecule has 0 saturated heterocycles. The molecule has 3 aromatic rings. The van der Waals surface area contributed by atoms with Crippen molar-refractivity contribution in [1.82, 2.24) is 14.7 Å². The van der Waals surface area contributed by atoms with E-state index in [9.17, 15) is 4.79 Å². The Morgan fingerprint density at radius 3 is 2.88 bits per heavy atom. The van der Waals surface area contributed by atoms with E-state index in [2.05, 4.69) is 14.7 Å². The summed E-state index contributed by atoms with van der Waals surface area (Å²) >= 11 is 1.00.